The van der Waals surface area contributed by atoms with E-state index in [-0.39, 0.29) is 23.7 Å². The van der Waals surface area contributed by atoms with Crippen molar-refractivity contribution in [3.05, 3.63) is 33.8 Å². The number of nitrogens with zero attached hydrogens (tertiary/aromatic N) is 1. The summed E-state index contributed by atoms with van der Waals surface area (Å²) < 4.78 is 5.45. The molecule has 0 spiro atoms. The highest BCUT2D eigenvalue weighted by Gasteiger charge is 2.57. The zero-order chi connectivity index (χ0) is 17.8. The van der Waals surface area contributed by atoms with Crippen molar-refractivity contribution < 1.29 is 19.4 Å². The molecule has 2 saturated heterocycles. The average Bonchev–Trinajstić information content (AvgIpc) is 3.28. The molecular formula is C18H19Cl2NO4. The zero-order valence-corrected chi connectivity index (χ0v) is 15.1. The van der Waals surface area contributed by atoms with Gasteiger partial charge in [0.1, 0.15) is 0 Å². The molecule has 4 atom stereocenters. The van der Waals surface area contributed by atoms with E-state index >= 15 is 0 Å². The topological polar surface area (TPSA) is 66.8 Å². The summed E-state index contributed by atoms with van der Waals surface area (Å²) >= 11 is 12.0. The van der Waals surface area contributed by atoms with Crippen LogP contribution >= 0.6 is 23.2 Å². The normalized spacial score (nSPS) is 33.8. The number of benzene rings is 1. The zero-order valence-electron chi connectivity index (χ0n) is 13.6. The predicted octanol–water partition coefficient (Wildman–Crippen LogP) is 3.05. The van der Waals surface area contributed by atoms with Crippen molar-refractivity contribution in [2.45, 2.75) is 18.8 Å². The number of aliphatic carboxylic acids is 1. The molecule has 0 bridgehead atoms. The van der Waals surface area contributed by atoms with Gasteiger partial charge in [-0.05, 0) is 36.5 Å². The molecule has 1 aromatic carbocycles. The van der Waals surface area contributed by atoms with Gasteiger partial charge in [-0.2, -0.15) is 0 Å². The largest absolute Gasteiger partial charge is 0.481 e. The first-order chi connectivity index (χ1) is 11.9. The Morgan fingerprint density at radius 1 is 1.28 bits per heavy atom. The van der Waals surface area contributed by atoms with Crippen LogP contribution in [0.3, 0.4) is 0 Å². The lowest BCUT2D eigenvalue weighted by molar-refractivity contribution is -0.157. The van der Waals surface area contributed by atoms with Gasteiger partial charge in [0.05, 0.1) is 22.1 Å². The minimum atomic E-state index is -0.845. The molecule has 1 amide bonds. The van der Waals surface area contributed by atoms with Crippen LogP contribution < -0.4 is 0 Å². The first-order valence-corrected chi connectivity index (χ1v) is 9.23. The molecule has 2 aliphatic heterocycles. The van der Waals surface area contributed by atoms with Gasteiger partial charge in [0.15, 0.2) is 0 Å². The van der Waals surface area contributed by atoms with Crippen LogP contribution in [-0.2, 0) is 14.3 Å². The summed E-state index contributed by atoms with van der Waals surface area (Å²) in [7, 11) is 0. The first-order valence-electron chi connectivity index (χ1n) is 8.47. The Kier molecular flexibility index (Phi) is 4.21. The Hall–Kier alpha value is -1.30. The number of hydrogen-bond donors (Lipinski definition) is 1. The fourth-order valence-electron chi connectivity index (χ4n) is 4.28. The molecule has 0 radical (unpaired) electrons. The molecular weight excluding hydrogens is 365 g/mol. The Balaban J connectivity index is 1.48. The average molecular weight is 384 g/mol. The monoisotopic (exact) mass is 383 g/mol. The van der Waals surface area contributed by atoms with Gasteiger partial charge in [0, 0.05) is 31.5 Å². The third kappa shape index (κ3) is 2.82. The summed E-state index contributed by atoms with van der Waals surface area (Å²) in [4.78, 5) is 26.5. The summed E-state index contributed by atoms with van der Waals surface area (Å²) in [6.07, 6.45) is 1.24. The van der Waals surface area contributed by atoms with Gasteiger partial charge in [-0.1, -0.05) is 29.3 Å². The van der Waals surface area contributed by atoms with Crippen LogP contribution in [0, 0.1) is 17.3 Å². The summed E-state index contributed by atoms with van der Waals surface area (Å²) in [6, 6.07) is 5.47. The molecule has 134 valence electrons. The van der Waals surface area contributed by atoms with Crippen LogP contribution in [0.15, 0.2) is 18.2 Å². The number of carbonyl (C=O) groups excluding carboxylic acids is 1. The summed E-state index contributed by atoms with van der Waals surface area (Å²) in [5.41, 5.74) is 0.169. The van der Waals surface area contributed by atoms with E-state index in [1.165, 1.54) is 0 Å². The Bertz CT molecular complexity index is 740. The number of carboxylic acids is 1. The molecule has 5 nitrogen and oxygen atoms in total. The summed E-state index contributed by atoms with van der Waals surface area (Å²) in [5, 5.41) is 10.7. The van der Waals surface area contributed by atoms with Crippen LogP contribution in [0.1, 0.15) is 24.3 Å². The molecule has 1 N–H and O–H groups in total. The smallest absolute Gasteiger partial charge is 0.311 e. The molecule has 25 heavy (non-hydrogen) atoms. The van der Waals surface area contributed by atoms with Gasteiger partial charge >= 0.3 is 5.97 Å². The van der Waals surface area contributed by atoms with E-state index in [0.29, 0.717) is 42.8 Å². The van der Waals surface area contributed by atoms with Crippen LogP contribution in [0.5, 0.6) is 0 Å². The predicted molar refractivity (Wildman–Crippen MR) is 92.9 cm³/mol. The third-order valence-electron chi connectivity index (χ3n) is 5.92. The van der Waals surface area contributed by atoms with Crippen molar-refractivity contribution in [3.63, 3.8) is 0 Å². The van der Waals surface area contributed by atoms with E-state index < -0.39 is 11.4 Å². The maximum atomic E-state index is 12.9. The molecule has 2 unspecified atom stereocenters. The highest BCUT2D eigenvalue weighted by molar-refractivity contribution is 6.42. The quantitative estimate of drug-likeness (QED) is 0.870. The molecule has 4 rings (SSSR count). The molecule has 0 aromatic heterocycles. The maximum Gasteiger partial charge on any atom is 0.311 e. The molecule has 3 aliphatic rings. The molecule has 1 aromatic rings. The highest BCUT2D eigenvalue weighted by Crippen LogP contribution is 2.51. The number of carboxylic acid groups (broad SMARTS) is 1. The number of amides is 1. The standard InChI is InChI=1S/C18H19Cl2NO4/c19-14-2-1-10(5-15(14)20)12-6-13(12)16(22)21-7-11-8-25-4-3-18(11,9-21)17(23)24/h1-2,5,11-13H,3-4,6-9H2,(H,23,24)/t11-,12?,13?,18+/m0/s1. The van der Waals surface area contributed by atoms with Gasteiger partial charge < -0.3 is 14.7 Å². The van der Waals surface area contributed by atoms with Crippen molar-refractivity contribution in [3.8, 4) is 0 Å². The lowest BCUT2D eigenvalue weighted by atomic mass is 9.74. The van der Waals surface area contributed by atoms with E-state index in [1.54, 1.807) is 11.0 Å². The summed E-state index contributed by atoms with van der Waals surface area (Å²) in [6.45, 7) is 1.62. The highest BCUT2D eigenvalue weighted by atomic mass is 35.5. The van der Waals surface area contributed by atoms with Gasteiger partial charge in [0.2, 0.25) is 5.91 Å². The minimum absolute atomic E-state index is 0.0473. The van der Waals surface area contributed by atoms with Gasteiger partial charge in [0.25, 0.3) is 0 Å². The minimum Gasteiger partial charge on any atom is -0.481 e. The van der Waals surface area contributed by atoms with Crippen molar-refractivity contribution in [2.75, 3.05) is 26.3 Å². The van der Waals surface area contributed by atoms with Crippen LogP contribution in [0.25, 0.3) is 0 Å². The van der Waals surface area contributed by atoms with E-state index in [9.17, 15) is 14.7 Å². The second-order valence-electron chi connectivity index (χ2n) is 7.32. The van der Waals surface area contributed by atoms with E-state index in [4.69, 9.17) is 27.9 Å². The molecule has 1 saturated carbocycles. The van der Waals surface area contributed by atoms with Crippen LogP contribution in [0.4, 0.5) is 0 Å². The molecule has 2 heterocycles. The second kappa shape index (κ2) is 6.15. The van der Waals surface area contributed by atoms with Crippen molar-refractivity contribution in [1.29, 1.82) is 0 Å². The first kappa shape index (κ1) is 17.1. The van der Waals surface area contributed by atoms with Gasteiger partial charge in [-0.3, -0.25) is 9.59 Å². The lowest BCUT2D eigenvalue weighted by Crippen LogP contribution is -2.45. The SMILES string of the molecule is O=C(C1CC1c1ccc(Cl)c(Cl)c1)N1C[C@H]2COCC[C@@]2(C(=O)O)C1. The van der Waals surface area contributed by atoms with E-state index in [1.807, 2.05) is 12.1 Å². The Morgan fingerprint density at radius 3 is 2.76 bits per heavy atom. The molecule has 3 fully saturated rings. The van der Waals surface area contributed by atoms with Crippen molar-refractivity contribution >= 4 is 35.1 Å². The molecule has 1 aliphatic carbocycles. The Labute approximate surface area is 155 Å². The van der Waals surface area contributed by atoms with Crippen molar-refractivity contribution in [1.82, 2.24) is 4.90 Å². The number of rotatable bonds is 3. The number of ether oxygens (including phenoxy) is 1. The summed E-state index contributed by atoms with van der Waals surface area (Å²) in [5.74, 6) is -0.838. The number of carbonyl (C=O) groups is 2. The van der Waals surface area contributed by atoms with Gasteiger partial charge in [-0.25, -0.2) is 0 Å². The second-order valence-corrected chi connectivity index (χ2v) is 8.14. The maximum absolute atomic E-state index is 12.9. The van der Waals surface area contributed by atoms with Crippen LogP contribution in [-0.4, -0.2) is 48.2 Å². The van der Waals surface area contributed by atoms with Gasteiger partial charge in [-0.15, -0.1) is 0 Å². The van der Waals surface area contributed by atoms with Crippen molar-refractivity contribution in [2.24, 2.45) is 17.3 Å². The van der Waals surface area contributed by atoms with E-state index in [2.05, 4.69) is 0 Å². The van der Waals surface area contributed by atoms with Crippen LogP contribution in [0.2, 0.25) is 10.0 Å². The number of halogens is 2. The van der Waals surface area contributed by atoms with E-state index in [0.717, 1.165) is 12.0 Å². The number of hydrogen-bond acceptors (Lipinski definition) is 3. The third-order valence-corrected chi connectivity index (χ3v) is 6.66. The Morgan fingerprint density at radius 2 is 2.08 bits per heavy atom. The number of likely N-dealkylation sites (tertiary alicyclic amines) is 1. The number of fused-ring (bicyclic) bond motifs is 1. The lowest BCUT2D eigenvalue weighted by Gasteiger charge is -2.33. The molecule has 7 heteroatoms. The fourth-order valence-corrected chi connectivity index (χ4v) is 4.59. The fraction of sp³-hybridized carbons (Fsp3) is 0.556.